The van der Waals surface area contributed by atoms with Crippen LogP contribution in [-0.2, 0) is 10.0 Å². The molecule has 0 saturated carbocycles. The van der Waals surface area contributed by atoms with Crippen LogP contribution in [0.1, 0.15) is 6.92 Å². The van der Waals surface area contributed by atoms with Crippen molar-refractivity contribution < 1.29 is 13.2 Å². The Hall–Kier alpha value is -1.80. The summed E-state index contributed by atoms with van der Waals surface area (Å²) in [6.45, 7) is 2.35. The molecule has 21 heavy (non-hydrogen) atoms. The van der Waals surface area contributed by atoms with Crippen molar-refractivity contribution in [2.45, 2.75) is 11.8 Å². The molecule has 0 saturated heterocycles. The van der Waals surface area contributed by atoms with Gasteiger partial charge in [-0.2, -0.15) is 0 Å². The molecule has 1 heterocycles. The number of aromatic nitrogens is 1. The largest absolute Gasteiger partial charge is 0.494 e. The van der Waals surface area contributed by atoms with Crippen molar-refractivity contribution >= 4 is 37.5 Å². The third kappa shape index (κ3) is 3.85. The van der Waals surface area contributed by atoms with Crippen molar-refractivity contribution in [3.63, 3.8) is 0 Å². The number of benzene rings is 1. The lowest BCUT2D eigenvalue weighted by Gasteiger charge is -2.11. The SMILES string of the molecule is CCOc1cccc(NS(=O)(=O)c2cc(Br)cnc2N)c1. The van der Waals surface area contributed by atoms with Crippen LogP contribution in [0, 0.1) is 0 Å². The predicted molar refractivity (Wildman–Crippen MR) is 84.8 cm³/mol. The van der Waals surface area contributed by atoms with E-state index in [0.717, 1.165) is 0 Å². The Labute approximate surface area is 131 Å². The minimum atomic E-state index is -3.82. The summed E-state index contributed by atoms with van der Waals surface area (Å²) in [7, 11) is -3.82. The molecule has 0 spiro atoms. The Balaban J connectivity index is 2.33. The summed E-state index contributed by atoms with van der Waals surface area (Å²) in [5.74, 6) is 0.518. The van der Waals surface area contributed by atoms with Crippen molar-refractivity contribution in [1.29, 1.82) is 0 Å². The number of halogens is 1. The Bertz CT molecular complexity index is 750. The van der Waals surface area contributed by atoms with E-state index in [2.05, 4.69) is 25.6 Å². The van der Waals surface area contributed by atoms with Gasteiger partial charge in [0.1, 0.15) is 16.5 Å². The van der Waals surface area contributed by atoms with Crippen molar-refractivity contribution in [3.8, 4) is 5.75 Å². The summed E-state index contributed by atoms with van der Waals surface area (Å²) >= 11 is 3.18. The molecule has 112 valence electrons. The second kappa shape index (κ2) is 6.31. The van der Waals surface area contributed by atoms with E-state index in [1.165, 1.54) is 12.3 Å². The van der Waals surface area contributed by atoms with Crippen LogP contribution in [0.15, 0.2) is 45.9 Å². The third-order valence-electron chi connectivity index (χ3n) is 2.54. The number of nitrogens with zero attached hydrogens (tertiary/aromatic N) is 1. The van der Waals surface area contributed by atoms with E-state index in [1.54, 1.807) is 24.3 Å². The number of pyridine rings is 1. The maximum absolute atomic E-state index is 12.4. The Morgan fingerprint density at radius 1 is 1.38 bits per heavy atom. The lowest BCUT2D eigenvalue weighted by atomic mass is 10.3. The zero-order valence-electron chi connectivity index (χ0n) is 11.2. The summed E-state index contributed by atoms with van der Waals surface area (Å²) in [5.41, 5.74) is 6.02. The number of hydrogen-bond donors (Lipinski definition) is 2. The van der Waals surface area contributed by atoms with Gasteiger partial charge < -0.3 is 10.5 Å². The van der Waals surface area contributed by atoms with Gasteiger partial charge in [-0.25, -0.2) is 13.4 Å². The number of hydrogen-bond acceptors (Lipinski definition) is 5. The number of nitrogens with two attached hydrogens (primary N) is 1. The average molecular weight is 372 g/mol. The van der Waals surface area contributed by atoms with Gasteiger partial charge in [-0.15, -0.1) is 0 Å². The zero-order valence-corrected chi connectivity index (χ0v) is 13.6. The van der Waals surface area contributed by atoms with Gasteiger partial charge in [0, 0.05) is 16.7 Å². The predicted octanol–water partition coefficient (Wildman–Crippen LogP) is 2.63. The van der Waals surface area contributed by atoms with E-state index in [0.29, 0.717) is 22.5 Å². The fraction of sp³-hybridized carbons (Fsp3) is 0.154. The van der Waals surface area contributed by atoms with Gasteiger partial charge in [0.15, 0.2) is 0 Å². The molecule has 1 aromatic heterocycles. The maximum atomic E-state index is 12.4. The number of rotatable bonds is 5. The van der Waals surface area contributed by atoms with Crippen LogP contribution in [0.4, 0.5) is 11.5 Å². The normalized spacial score (nSPS) is 11.1. The molecule has 3 N–H and O–H groups in total. The van der Waals surface area contributed by atoms with Crippen molar-refractivity contribution in [2.24, 2.45) is 0 Å². The van der Waals surface area contributed by atoms with E-state index < -0.39 is 10.0 Å². The fourth-order valence-corrected chi connectivity index (χ4v) is 3.31. The van der Waals surface area contributed by atoms with Crippen molar-refractivity contribution in [2.75, 3.05) is 17.1 Å². The van der Waals surface area contributed by atoms with Crippen LogP contribution >= 0.6 is 15.9 Å². The number of ether oxygens (including phenoxy) is 1. The molecule has 1 aromatic carbocycles. The summed E-state index contributed by atoms with van der Waals surface area (Å²) in [6, 6.07) is 8.07. The smallest absolute Gasteiger partial charge is 0.265 e. The summed E-state index contributed by atoms with van der Waals surface area (Å²) in [6.07, 6.45) is 1.43. The van der Waals surface area contributed by atoms with Gasteiger partial charge in [-0.05, 0) is 41.1 Å². The number of nitrogens with one attached hydrogen (secondary N) is 1. The van der Waals surface area contributed by atoms with Gasteiger partial charge in [-0.3, -0.25) is 4.72 Å². The van der Waals surface area contributed by atoms with E-state index in [4.69, 9.17) is 10.5 Å². The molecule has 8 heteroatoms. The molecule has 0 bridgehead atoms. The summed E-state index contributed by atoms with van der Waals surface area (Å²) < 4.78 is 33.0. The molecule has 2 aromatic rings. The molecule has 0 fully saturated rings. The van der Waals surface area contributed by atoms with Crippen LogP contribution < -0.4 is 15.2 Å². The molecule has 0 unspecified atom stereocenters. The molecule has 0 radical (unpaired) electrons. The first-order valence-corrected chi connectivity index (χ1v) is 8.36. The second-order valence-corrected chi connectivity index (χ2v) is 6.67. The highest BCUT2D eigenvalue weighted by Crippen LogP contribution is 2.24. The van der Waals surface area contributed by atoms with Crippen molar-refractivity contribution in [3.05, 3.63) is 41.0 Å². The average Bonchev–Trinajstić information content (AvgIpc) is 2.42. The highest BCUT2D eigenvalue weighted by molar-refractivity contribution is 9.10. The molecule has 6 nitrogen and oxygen atoms in total. The first-order valence-electron chi connectivity index (χ1n) is 6.09. The highest BCUT2D eigenvalue weighted by atomic mass is 79.9. The Kier molecular flexibility index (Phi) is 4.69. The highest BCUT2D eigenvalue weighted by Gasteiger charge is 2.19. The maximum Gasteiger partial charge on any atom is 0.265 e. The van der Waals surface area contributed by atoms with E-state index >= 15 is 0 Å². The summed E-state index contributed by atoms with van der Waals surface area (Å²) in [4.78, 5) is 3.74. The molecular formula is C13H14BrN3O3S. The van der Waals surface area contributed by atoms with Crippen LogP contribution in [-0.4, -0.2) is 20.0 Å². The molecule has 0 amide bonds. The summed E-state index contributed by atoms with van der Waals surface area (Å²) in [5, 5.41) is 0. The van der Waals surface area contributed by atoms with Crippen molar-refractivity contribution in [1.82, 2.24) is 4.98 Å². The lowest BCUT2D eigenvalue weighted by Crippen LogP contribution is -2.15. The zero-order chi connectivity index (χ0) is 15.5. The van der Waals surface area contributed by atoms with Gasteiger partial charge in [0.25, 0.3) is 10.0 Å². The fourth-order valence-electron chi connectivity index (χ4n) is 1.67. The minimum Gasteiger partial charge on any atom is -0.494 e. The van der Waals surface area contributed by atoms with Gasteiger partial charge in [0.2, 0.25) is 0 Å². The van der Waals surface area contributed by atoms with Gasteiger partial charge >= 0.3 is 0 Å². The minimum absolute atomic E-state index is 0.0633. The van der Waals surface area contributed by atoms with E-state index in [9.17, 15) is 8.42 Å². The number of nitrogen functional groups attached to an aromatic ring is 1. The van der Waals surface area contributed by atoms with Crippen LogP contribution in [0.5, 0.6) is 5.75 Å². The molecular weight excluding hydrogens is 358 g/mol. The first-order chi connectivity index (χ1) is 9.92. The molecule has 0 atom stereocenters. The number of anilines is 2. The topological polar surface area (TPSA) is 94.3 Å². The Morgan fingerprint density at radius 3 is 2.86 bits per heavy atom. The molecule has 0 aliphatic carbocycles. The monoisotopic (exact) mass is 371 g/mol. The standard InChI is InChI=1S/C13H14BrN3O3S/c1-2-20-11-5-3-4-10(7-11)17-21(18,19)12-6-9(14)8-16-13(12)15/h3-8,17H,2H2,1H3,(H2,15,16). The first kappa shape index (κ1) is 15.6. The molecule has 0 aliphatic rings. The third-order valence-corrected chi connectivity index (χ3v) is 4.38. The van der Waals surface area contributed by atoms with Crippen LogP contribution in [0.3, 0.4) is 0 Å². The quantitative estimate of drug-likeness (QED) is 0.842. The van der Waals surface area contributed by atoms with Crippen LogP contribution in [0.25, 0.3) is 0 Å². The van der Waals surface area contributed by atoms with Gasteiger partial charge in [0.05, 0.1) is 12.3 Å². The lowest BCUT2D eigenvalue weighted by molar-refractivity contribution is 0.340. The van der Waals surface area contributed by atoms with Crippen LogP contribution in [0.2, 0.25) is 0 Å². The molecule has 2 rings (SSSR count). The van der Waals surface area contributed by atoms with E-state index in [-0.39, 0.29) is 10.7 Å². The van der Waals surface area contributed by atoms with E-state index in [1.807, 2.05) is 6.92 Å². The number of sulfonamides is 1. The second-order valence-electron chi connectivity index (χ2n) is 4.10. The van der Waals surface area contributed by atoms with Gasteiger partial charge in [-0.1, -0.05) is 6.07 Å². The Morgan fingerprint density at radius 2 is 2.14 bits per heavy atom. The molecule has 0 aliphatic heterocycles.